The van der Waals surface area contributed by atoms with Crippen molar-refractivity contribution in [2.45, 2.75) is 44.2 Å². The van der Waals surface area contributed by atoms with E-state index in [0.717, 1.165) is 72.0 Å². The van der Waals surface area contributed by atoms with Gasteiger partial charge in [-0.3, -0.25) is 14.7 Å². The van der Waals surface area contributed by atoms with Gasteiger partial charge in [0.2, 0.25) is 5.91 Å². The Morgan fingerprint density at radius 2 is 2.13 bits per heavy atom. The first-order chi connectivity index (χ1) is 14.6. The molecule has 2 fully saturated rings. The minimum atomic E-state index is -0.210. The van der Waals surface area contributed by atoms with E-state index in [-0.39, 0.29) is 17.8 Å². The number of thioether (sulfide) groups is 1. The topological polar surface area (TPSA) is 72.5 Å². The van der Waals surface area contributed by atoms with Crippen LogP contribution in [-0.2, 0) is 4.79 Å². The summed E-state index contributed by atoms with van der Waals surface area (Å²) in [5.41, 5.74) is 2.78. The van der Waals surface area contributed by atoms with Crippen LogP contribution in [0, 0.1) is 5.82 Å². The van der Waals surface area contributed by atoms with Gasteiger partial charge in [0.05, 0.1) is 29.5 Å². The normalized spacial score (nSPS) is 23.2. The van der Waals surface area contributed by atoms with Crippen molar-refractivity contribution in [1.29, 1.82) is 0 Å². The van der Waals surface area contributed by atoms with Crippen LogP contribution in [0.1, 0.15) is 37.8 Å². The number of amides is 1. The zero-order valence-corrected chi connectivity index (χ0v) is 17.9. The van der Waals surface area contributed by atoms with Gasteiger partial charge in [0.15, 0.2) is 0 Å². The van der Waals surface area contributed by atoms with Crippen molar-refractivity contribution in [3.8, 4) is 0 Å². The fourth-order valence-electron chi connectivity index (χ4n) is 4.65. The third-order valence-corrected chi connectivity index (χ3v) is 7.40. The number of nitrogens with zero attached hydrogens (tertiary/aromatic N) is 2. The van der Waals surface area contributed by atoms with Crippen LogP contribution in [-0.4, -0.2) is 64.9 Å². The molecule has 3 N–H and O–H groups in total. The largest absolute Gasteiger partial charge is 0.381 e. The molecule has 1 unspecified atom stereocenters. The van der Waals surface area contributed by atoms with E-state index in [2.05, 4.69) is 20.5 Å². The average Bonchev–Trinajstić information content (AvgIpc) is 3.47. The third kappa shape index (κ3) is 4.34. The Hall–Kier alpha value is -2.06. The lowest BCUT2D eigenvalue weighted by atomic mass is 10.2. The number of aromatic nitrogens is 1. The molecule has 2 aromatic rings. The number of carbonyl (C=O) groups is 1. The lowest BCUT2D eigenvalue weighted by Crippen LogP contribution is -2.48. The molecule has 6 nitrogen and oxygen atoms in total. The molecule has 1 saturated carbocycles. The minimum absolute atomic E-state index is 0.110. The summed E-state index contributed by atoms with van der Waals surface area (Å²) in [5, 5.41) is 8.29. The number of anilines is 1. The number of carbonyl (C=O) groups excluding carboxylic acids is 1. The number of hydrogen-bond donors (Lipinski definition) is 3. The number of aromatic amines is 1. The Balaban J connectivity index is 1.29. The molecule has 0 spiro atoms. The van der Waals surface area contributed by atoms with Gasteiger partial charge in [-0.25, -0.2) is 4.39 Å². The first-order valence-corrected chi connectivity index (χ1v) is 11.9. The SMILES string of the molecule is O=C1CN(CCC2CSC(c3cc4cc(F)cc(NC5CCCC5)c4[nH]3)=N2)CCN1. The molecule has 0 radical (unpaired) electrons. The van der Waals surface area contributed by atoms with E-state index in [1.165, 1.54) is 12.8 Å². The van der Waals surface area contributed by atoms with Crippen LogP contribution in [0.3, 0.4) is 0 Å². The predicted molar refractivity (Wildman–Crippen MR) is 121 cm³/mol. The third-order valence-electron chi connectivity index (χ3n) is 6.25. The van der Waals surface area contributed by atoms with Gasteiger partial charge in [0, 0.05) is 36.8 Å². The van der Waals surface area contributed by atoms with Crippen LogP contribution in [0.15, 0.2) is 23.2 Å². The fourth-order valence-corrected chi connectivity index (χ4v) is 5.73. The first-order valence-electron chi connectivity index (χ1n) is 10.9. The Bertz CT molecular complexity index is 968. The molecule has 1 aromatic carbocycles. The van der Waals surface area contributed by atoms with Crippen LogP contribution in [0.5, 0.6) is 0 Å². The van der Waals surface area contributed by atoms with E-state index in [1.54, 1.807) is 23.9 Å². The van der Waals surface area contributed by atoms with Crippen molar-refractivity contribution in [1.82, 2.24) is 15.2 Å². The molecular weight excluding hydrogens is 401 g/mol. The van der Waals surface area contributed by atoms with E-state index in [9.17, 15) is 9.18 Å². The maximum atomic E-state index is 14.2. The molecule has 0 bridgehead atoms. The van der Waals surface area contributed by atoms with Gasteiger partial charge in [-0.1, -0.05) is 12.8 Å². The van der Waals surface area contributed by atoms with Gasteiger partial charge >= 0.3 is 0 Å². The molecule has 160 valence electrons. The number of H-pyrrole nitrogens is 1. The van der Waals surface area contributed by atoms with Crippen LogP contribution >= 0.6 is 11.8 Å². The summed E-state index contributed by atoms with van der Waals surface area (Å²) in [6.07, 6.45) is 5.72. The monoisotopic (exact) mass is 429 g/mol. The van der Waals surface area contributed by atoms with Gasteiger partial charge in [-0.05, 0) is 37.5 Å². The second-order valence-corrected chi connectivity index (χ2v) is 9.55. The van der Waals surface area contributed by atoms with Gasteiger partial charge in [-0.15, -0.1) is 11.8 Å². The van der Waals surface area contributed by atoms with Crippen molar-refractivity contribution < 1.29 is 9.18 Å². The van der Waals surface area contributed by atoms with Crippen molar-refractivity contribution in [2.24, 2.45) is 4.99 Å². The van der Waals surface area contributed by atoms with Crippen LogP contribution in [0.4, 0.5) is 10.1 Å². The van der Waals surface area contributed by atoms with E-state index in [0.29, 0.717) is 12.6 Å². The Morgan fingerprint density at radius 1 is 1.27 bits per heavy atom. The van der Waals surface area contributed by atoms with Gasteiger partial charge in [-0.2, -0.15) is 0 Å². The van der Waals surface area contributed by atoms with E-state index in [1.807, 2.05) is 6.07 Å². The summed E-state index contributed by atoms with van der Waals surface area (Å²) in [4.78, 5) is 22.1. The number of piperazine rings is 1. The van der Waals surface area contributed by atoms with Crippen molar-refractivity contribution in [3.63, 3.8) is 0 Å². The van der Waals surface area contributed by atoms with Crippen molar-refractivity contribution in [3.05, 3.63) is 29.7 Å². The number of nitrogens with one attached hydrogen (secondary N) is 3. The zero-order valence-electron chi connectivity index (χ0n) is 17.0. The molecule has 1 aliphatic carbocycles. The Kier molecular flexibility index (Phi) is 5.69. The molecule has 1 aromatic heterocycles. The highest BCUT2D eigenvalue weighted by atomic mass is 32.2. The standard InChI is InChI=1S/C22H28FN5OS/c23-15-9-14-10-19(27-21(14)18(11-15)25-16-3-1-2-4-16)22-26-17(13-30-22)5-7-28-8-6-24-20(29)12-28/h9-11,16-17,25,27H,1-8,12-13H2,(H,24,29). The number of halogens is 1. The maximum Gasteiger partial charge on any atom is 0.234 e. The number of rotatable bonds is 6. The summed E-state index contributed by atoms with van der Waals surface area (Å²) < 4.78 is 14.2. The first kappa shape index (κ1) is 19.9. The second kappa shape index (κ2) is 8.59. The molecular formula is C22H28FN5OS. The molecule has 8 heteroatoms. The molecule has 2 aliphatic heterocycles. The molecule has 1 atom stereocenters. The van der Waals surface area contributed by atoms with E-state index < -0.39 is 0 Å². The molecule has 1 saturated heterocycles. The fraction of sp³-hybridized carbons (Fsp3) is 0.545. The number of benzene rings is 1. The summed E-state index contributed by atoms with van der Waals surface area (Å²) in [6.45, 7) is 3.02. The van der Waals surface area contributed by atoms with E-state index >= 15 is 0 Å². The van der Waals surface area contributed by atoms with Gasteiger partial charge in [0.1, 0.15) is 10.9 Å². The summed E-state index contributed by atoms with van der Waals surface area (Å²) >= 11 is 1.76. The summed E-state index contributed by atoms with van der Waals surface area (Å²) in [6, 6.07) is 5.90. The number of fused-ring (bicyclic) bond motifs is 1. The molecule has 3 aliphatic rings. The van der Waals surface area contributed by atoms with Crippen molar-refractivity contribution >= 4 is 39.3 Å². The maximum absolute atomic E-state index is 14.2. The smallest absolute Gasteiger partial charge is 0.234 e. The van der Waals surface area contributed by atoms with Crippen molar-refractivity contribution in [2.75, 3.05) is 37.2 Å². The average molecular weight is 430 g/mol. The molecule has 1 amide bonds. The lowest BCUT2D eigenvalue weighted by molar-refractivity contribution is -0.124. The predicted octanol–water partition coefficient (Wildman–Crippen LogP) is 3.35. The molecule has 30 heavy (non-hydrogen) atoms. The van der Waals surface area contributed by atoms with Crippen LogP contribution in [0.25, 0.3) is 10.9 Å². The molecule has 5 rings (SSSR count). The van der Waals surface area contributed by atoms with Crippen LogP contribution < -0.4 is 10.6 Å². The van der Waals surface area contributed by atoms with Gasteiger partial charge in [0.25, 0.3) is 0 Å². The van der Waals surface area contributed by atoms with Gasteiger partial charge < -0.3 is 15.6 Å². The number of hydrogen-bond acceptors (Lipinski definition) is 5. The second-order valence-electron chi connectivity index (χ2n) is 8.54. The highest BCUT2D eigenvalue weighted by molar-refractivity contribution is 8.14. The van der Waals surface area contributed by atoms with E-state index in [4.69, 9.17) is 4.99 Å². The quantitative estimate of drug-likeness (QED) is 0.659. The summed E-state index contributed by atoms with van der Waals surface area (Å²) in [7, 11) is 0. The number of aliphatic imine (C=N–C) groups is 1. The Labute approximate surface area is 180 Å². The summed E-state index contributed by atoms with van der Waals surface area (Å²) in [5.74, 6) is 0.850. The highest BCUT2D eigenvalue weighted by Crippen LogP contribution is 2.32. The Morgan fingerprint density at radius 3 is 2.97 bits per heavy atom. The zero-order chi connectivity index (χ0) is 20.5. The lowest BCUT2D eigenvalue weighted by Gasteiger charge is -2.26. The highest BCUT2D eigenvalue weighted by Gasteiger charge is 2.24. The molecule has 3 heterocycles. The minimum Gasteiger partial charge on any atom is -0.381 e. The van der Waals surface area contributed by atoms with Crippen LogP contribution in [0.2, 0.25) is 0 Å².